The Hall–Kier alpha value is -0.0400. The van der Waals surface area contributed by atoms with Gasteiger partial charge in [0.2, 0.25) is 0 Å². The first kappa shape index (κ1) is 4.80. The summed E-state index contributed by atoms with van der Waals surface area (Å²) in [7, 11) is 0. The minimum atomic E-state index is 0.954. The van der Waals surface area contributed by atoms with Crippen molar-refractivity contribution >= 4 is 0 Å². The average Bonchev–Trinajstić information content (AvgIpc) is 2.15. The van der Waals surface area contributed by atoms with Crippen molar-refractivity contribution in [2.24, 2.45) is 0 Å². The van der Waals surface area contributed by atoms with Crippen molar-refractivity contribution in [1.29, 1.82) is 0 Å². The molecule has 2 fully saturated rings. The highest BCUT2D eigenvalue weighted by Crippen LogP contribution is 2.26. The molecule has 0 bridgehead atoms. The van der Waals surface area contributed by atoms with Crippen LogP contribution in [-0.2, 0) is 0 Å². The number of fused-ring (bicyclic) bond motifs is 1. The SMILES string of the molecule is [CH]1CC2CCCN2C1. The maximum absolute atomic E-state index is 2.58. The highest BCUT2D eigenvalue weighted by atomic mass is 15.2. The maximum atomic E-state index is 2.58. The fourth-order valence-corrected chi connectivity index (χ4v) is 1.84. The Bertz CT molecular complexity index is 70.4. The molecular weight excluding hydrogens is 98.1 g/mol. The number of hydrogen-bond donors (Lipinski definition) is 0. The molecule has 0 aromatic heterocycles. The molecule has 1 atom stereocenters. The van der Waals surface area contributed by atoms with Gasteiger partial charge in [-0.3, -0.25) is 0 Å². The first-order valence-corrected chi connectivity index (χ1v) is 3.52. The van der Waals surface area contributed by atoms with Gasteiger partial charge >= 0.3 is 0 Å². The largest absolute Gasteiger partial charge is 0.300 e. The van der Waals surface area contributed by atoms with E-state index in [0.29, 0.717) is 0 Å². The van der Waals surface area contributed by atoms with E-state index < -0.39 is 0 Å². The first-order valence-electron chi connectivity index (χ1n) is 3.52. The molecule has 2 saturated heterocycles. The fraction of sp³-hybridized carbons (Fsp3) is 0.857. The Morgan fingerprint density at radius 1 is 1.50 bits per heavy atom. The van der Waals surface area contributed by atoms with E-state index in [-0.39, 0.29) is 0 Å². The topological polar surface area (TPSA) is 3.24 Å². The predicted octanol–water partition coefficient (Wildman–Crippen LogP) is 1.06. The normalized spacial score (nSPS) is 31.5. The molecule has 0 aromatic carbocycles. The monoisotopic (exact) mass is 110 g/mol. The molecule has 0 N–H and O–H groups in total. The molecule has 8 heavy (non-hydrogen) atoms. The lowest BCUT2D eigenvalue weighted by atomic mass is 10.2. The second kappa shape index (κ2) is 1.73. The van der Waals surface area contributed by atoms with E-state index in [1.54, 1.807) is 0 Å². The second-order valence-corrected chi connectivity index (χ2v) is 2.82. The van der Waals surface area contributed by atoms with E-state index in [1.165, 1.54) is 32.4 Å². The molecule has 0 aliphatic carbocycles. The van der Waals surface area contributed by atoms with Crippen LogP contribution in [0.25, 0.3) is 0 Å². The number of nitrogens with zero attached hydrogens (tertiary/aromatic N) is 1. The third kappa shape index (κ3) is 0.576. The Kier molecular flexibility index (Phi) is 1.04. The zero-order valence-electron chi connectivity index (χ0n) is 5.14. The van der Waals surface area contributed by atoms with Crippen LogP contribution in [0.3, 0.4) is 0 Å². The van der Waals surface area contributed by atoms with Gasteiger partial charge < -0.3 is 4.90 Å². The van der Waals surface area contributed by atoms with Gasteiger partial charge in [-0.1, -0.05) is 0 Å². The van der Waals surface area contributed by atoms with Crippen LogP contribution in [0.2, 0.25) is 0 Å². The lowest BCUT2D eigenvalue weighted by Crippen LogP contribution is -2.21. The van der Waals surface area contributed by atoms with Crippen LogP contribution in [0, 0.1) is 6.42 Å². The highest BCUT2D eigenvalue weighted by molar-refractivity contribution is 4.93. The first-order chi connectivity index (χ1) is 3.97. The van der Waals surface area contributed by atoms with Gasteiger partial charge in [0.05, 0.1) is 0 Å². The van der Waals surface area contributed by atoms with Gasteiger partial charge in [0.1, 0.15) is 0 Å². The molecule has 0 aromatic rings. The Morgan fingerprint density at radius 2 is 2.50 bits per heavy atom. The summed E-state index contributed by atoms with van der Waals surface area (Å²) in [6.07, 6.45) is 6.67. The molecule has 2 heterocycles. The molecule has 2 aliphatic rings. The van der Waals surface area contributed by atoms with E-state index in [1.807, 2.05) is 0 Å². The molecule has 45 valence electrons. The summed E-state index contributed by atoms with van der Waals surface area (Å²) in [4.78, 5) is 2.58. The smallest absolute Gasteiger partial charge is 0.00990 e. The Labute approximate surface area is 50.7 Å². The van der Waals surface area contributed by atoms with Crippen molar-refractivity contribution in [3.63, 3.8) is 0 Å². The zero-order valence-corrected chi connectivity index (χ0v) is 5.14. The number of hydrogen-bond acceptors (Lipinski definition) is 1. The summed E-state index contributed by atoms with van der Waals surface area (Å²) in [5, 5.41) is 0. The van der Waals surface area contributed by atoms with Crippen LogP contribution >= 0.6 is 0 Å². The molecule has 1 radical (unpaired) electrons. The summed E-state index contributed by atoms with van der Waals surface area (Å²) < 4.78 is 0. The van der Waals surface area contributed by atoms with E-state index >= 15 is 0 Å². The molecular formula is C7H12N. The second-order valence-electron chi connectivity index (χ2n) is 2.82. The van der Waals surface area contributed by atoms with Gasteiger partial charge in [0.15, 0.2) is 0 Å². The molecule has 0 spiro atoms. The molecule has 0 amide bonds. The summed E-state index contributed by atoms with van der Waals surface area (Å²) >= 11 is 0. The summed E-state index contributed by atoms with van der Waals surface area (Å²) in [6, 6.07) is 0.954. The van der Waals surface area contributed by atoms with Gasteiger partial charge in [-0.25, -0.2) is 0 Å². The van der Waals surface area contributed by atoms with Crippen molar-refractivity contribution in [1.82, 2.24) is 4.90 Å². The van der Waals surface area contributed by atoms with Gasteiger partial charge in [0, 0.05) is 12.6 Å². The van der Waals surface area contributed by atoms with E-state index in [2.05, 4.69) is 11.3 Å². The van der Waals surface area contributed by atoms with Gasteiger partial charge in [-0.05, 0) is 32.2 Å². The van der Waals surface area contributed by atoms with Crippen molar-refractivity contribution in [2.45, 2.75) is 25.3 Å². The van der Waals surface area contributed by atoms with Crippen molar-refractivity contribution in [2.75, 3.05) is 13.1 Å². The van der Waals surface area contributed by atoms with Gasteiger partial charge in [-0.15, -0.1) is 0 Å². The highest BCUT2D eigenvalue weighted by Gasteiger charge is 2.28. The van der Waals surface area contributed by atoms with Crippen LogP contribution in [0.1, 0.15) is 19.3 Å². The minimum Gasteiger partial charge on any atom is -0.300 e. The Morgan fingerprint density at radius 3 is 3.38 bits per heavy atom. The molecule has 1 heteroatoms. The van der Waals surface area contributed by atoms with E-state index in [4.69, 9.17) is 0 Å². The molecule has 1 nitrogen and oxygen atoms in total. The number of rotatable bonds is 0. The average molecular weight is 110 g/mol. The predicted molar refractivity (Wildman–Crippen MR) is 33.5 cm³/mol. The van der Waals surface area contributed by atoms with Gasteiger partial charge in [-0.2, -0.15) is 0 Å². The summed E-state index contributed by atoms with van der Waals surface area (Å²) in [6.45, 7) is 2.63. The van der Waals surface area contributed by atoms with Crippen LogP contribution in [0.4, 0.5) is 0 Å². The maximum Gasteiger partial charge on any atom is 0.00990 e. The van der Waals surface area contributed by atoms with Crippen LogP contribution in [0.5, 0.6) is 0 Å². The molecule has 2 aliphatic heterocycles. The lowest BCUT2D eigenvalue weighted by Gasteiger charge is -2.11. The van der Waals surface area contributed by atoms with Crippen molar-refractivity contribution < 1.29 is 0 Å². The molecule has 2 rings (SSSR count). The van der Waals surface area contributed by atoms with Gasteiger partial charge in [0.25, 0.3) is 0 Å². The zero-order chi connectivity index (χ0) is 5.40. The van der Waals surface area contributed by atoms with E-state index in [0.717, 1.165) is 6.04 Å². The molecule has 1 unspecified atom stereocenters. The van der Waals surface area contributed by atoms with E-state index in [9.17, 15) is 0 Å². The van der Waals surface area contributed by atoms with Crippen LogP contribution in [-0.4, -0.2) is 24.0 Å². The molecule has 0 saturated carbocycles. The lowest BCUT2D eigenvalue weighted by molar-refractivity contribution is 0.327. The Balaban J connectivity index is 2.04. The van der Waals surface area contributed by atoms with Crippen LogP contribution in [0.15, 0.2) is 0 Å². The minimum absolute atomic E-state index is 0.954. The fourth-order valence-electron chi connectivity index (χ4n) is 1.84. The summed E-state index contributed by atoms with van der Waals surface area (Å²) in [5.74, 6) is 0. The standard InChI is InChI=1S/C7H12N/c1-3-7-4-2-6-8(7)5-1/h1,7H,2-6H2. The third-order valence-corrected chi connectivity index (χ3v) is 2.30. The van der Waals surface area contributed by atoms with Crippen LogP contribution < -0.4 is 0 Å². The van der Waals surface area contributed by atoms with Crippen molar-refractivity contribution in [3.05, 3.63) is 6.42 Å². The third-order valence-electron chi connectivity index (χ3n) is 2.30. The quantitative estimate of drug-likeness (QED) is 0.450. The summed E-state index contributed by atoms with van der Waals surface area (Å²) in [5.41, 5.74) is 0. The van der Waals surface area contributed by atoms with Crippen molar-refractivity contribution in [3.8, 4) is 0 Å².